The molecule has 0 heterocycles. The van der Waals surface area contributed by atoms with E-state index in [4.69, 9.17) is 39.4 Å². The van der Waals surface area contributed by atoms with Crippen LogP contribution in [0.1, 0.15) is 23.3 Å². The van der Waals surface area contributed by atoms with Gasteiger partial charge in [0.2, 0.25) is 0 Å². The van der Waals surface area contributed by atoms with Crippen LogP contribution in [0.2, 0.25) is 10.0 Å². The van der Waals surface area contributed by atoms with Crippen molar-refractivity contribution in [1.29, 1.82) is 0 Å². The Balaban J connectivity index is 2.32. The largest absolute Gasteiger partial charge is 0.439 e. The second kappa shape index (κ2) is 6.80. The summed E-state index contributed by atoms with van der Waals surface area (Å²) < 4.78 is 5.16. The fourth-order valence-electron chi connectivity index (χ4n) is 1.99. The average molecular weight is 325 g/mol. The van der Waals surface area contributed by atoms with Crippen LogP contribution in [0.15, 0.2) is 48.5 Å². The number of benzene rings is 2. The molecule has 0 saturated heterocycles. The van der Waals surface area contributed by atoms with Crippen molar-refractivity contribution in [2.45, 2.75) is 12.1 Å². The Kier molecular flexibility index (Phi) is 5.07. The Bertz CT molecular complexity index is 615. The van der Waals surface area contributed by atoms with Gasteiger partial charge in [0.05, 0.1) is 6.04 Å². The van der Waals surface area contributed by atoms with E-state index in [0.29, 0.717) is 15.6 Å². The van der Waals surface area contributed by atoms with Gasteiger partial charge in [0, 0.05) is 10.0 Å². The van der Waals surface area contributed by atoms with E-state index in [-0.39, 0.29) is 0 Å². The van der Waals surface area contributed by atoms with Gasteiger partial charge in [0.25, 0.3) is 0 Å². The van der Waals surface area contributed by atoms with E-state index in [0.717, 1.165) is 5.56 Å². The van der Waals surface area contributed by atoms with Crippen LogP contribution >= 0.6 is 23.2 Å². The van der Waals surface area contributed by atoms with Crippen molar-refractivity contribution in [2.24, 2.45) is 11.5 Å². The van der Waals surface area contributed by atoms with Crippen molar-refractivity contribution >= 4 is 29.3 Å². The Morgan fingerprint density at radius 2 is 1.33 bits per heavy atom. The molecule has 0 fully saturated rings. The fourth-order valence-corrected chi connectivity index (χ4v) is 2.24. The Hall–Kier alpha value is -1.75. The van der Waals surface area contributed by atoms with Crippen LogP contribution in [-0.2, 0) is 4.74 Å². The van der Waals surface area contributed by atoms with E-state index in [1.807, 2.05) is 0 Å². The third kappa shape index (κ3) is 4.11. The quantitative estimate of drug-likeness (QED) is 0.897. The predicted octanol–water partition coefficient (Wildman–Crippen LogP) is 3.83. The molecule has 2 aromatic rings. The number of carbonyl (C=O) groups is 1. The molecule has 1 amide bonds. The van der Waals surface area contributed by atoms with Gasteiger partial charge in [-0.2, -0.15) is 0 Å². The number of hydrogen-bond acceptors (Lipinski definition) is 3. The van der Waals surface area contributed by atoms with Gasteiger partial charge >= 0.3 is 6.09 Å². The monoisotopic (exact) mass is 324 g/mol. The lowest BCUT2D eigenvalue weighted by Gasteiger charge is -2.24. The van der Waals surface area contributed by atoms with Gasteiger partial charge in [-0.05, 0) is 35.4 Å². The molecule has 4 N–H and O–H groups in total. The van der Waals surface area contributed by atoms with E-state index in [9.17, 15) is 4.79 Å². The Morgan fingerprint density at radius 3 is 1.76 bits per heavy atom. The molecule has 2 atom stereocenters. The Labute approximate surface area is 132 Å². The van der Waals surface area contributed by atoms with Crippen LogP contribution in [-0.4, -0.2) is 6.09 Å². The summed E-state index contributed by atoms with van der Waals surface area (Å²) in [4.78, 5) is 11.1. The molecule has 0 aliphatic carbocycles. The maximum Gasteiger partial charge on any atom is 0.405 e. The van der Waals surface area contributed by atoms with Gasteiger partial charge < -0.3 is 16.2 Å². The number of ether oxygens (including phenoxy) is 1. The zero-order chi connectivity index (χ0) is 15.4. The number of hydrogen-bond donors (Lipinski definition) is 2. The highest BCUT2D eigenvalue weighted by molar-refractivity contribution is 6.30. The van der Waals surface area contributed by atoms with E-state index in [1.165, 1.54) is 0 Å². The minimum Gasteiger partial charge on any atom is -0.439 e. The molecule has 0 aromatic heterocycles. The third-order valence-corrected chi connectivity index (χ3v) is 3.53. The number of rotatable bonds is 4. The molecule has 110 valence electrons. The second-order valence-corrected chi connectivity index (χ2v) is 5.36. The SMILES string of the molecule is NC(=O)OC(c1ccc(Cl)cc1)C(N)c1ccc(Cl)cc1. The van der Waals surface area contributed by atoms with Crippen LogP contribution in [0.3, 0.4) is 0 Å². The number of nitrogens with two attached hydrogens (primary N) is 2. The normalized spacial score (nSPS) is 13.5. The summed E-state index contributed by atoms with van der Waals surface area (Å²) in [7, 11) is 0. The molecular formula is C15H14Cl2N2O2. The van der Waals surface area contributed by atoms with Crippen molar-refractivity contribution in [1.82, 2.24) is 0 Å². The van der Waals surface area contributed by atoms with E-state index < -0.39 is 18.2 Å². The zero-order valence-corrected chi connectivity index (χ0v) is 12.5. The summed E-state index contributed by atoms with van der Waals surface area (Å²) in [6.45, 7) is 0. The van der Waals surface area contributed by atoms with Gasteiger partial charge in [-0.3, -0.25) is 0 Å². The first-order valence-electron chi connectivity index (χ1n) is 6.20. The standard InChI is InChI=1S/C15H14Cl2N2O2/c16-11-5-1-9(2-6-11)13(18)14(21-15(19)20)10-3-7-12(17)8-4-10/h1-8,13-14H,18H2,(H2,19,20). The van der Waals surface area contributed by atoms with Crippen molar-refractivity contribution in [3.05, 3.63) is 69.7 Å². The molecule has 0 spiro atoms. The molecule has 2 aromatic carbocycles. The van der Waals surface area contributed by atoms with Gasteiger partial charge in [-0.25, -0.2) is 4.79 Å². The fraction of sp³-hybridized carbons (Fsp3) is 0.133. The Morgan fingerprint density at radius 1 is 0.905 bits per heavy atom. The second-order valence-electron chi connectivity index (χ2n) is 4.49. The number of primary amides is 1. The van der Waals surface area contributed by atoms with E-state index >= 15 is 0 Å². The van der Waals surface area contributed by atoms with Crippen LogP contribution in [0.4, 0.5) is 4.79 Å². The summed E-state index contributed by atoms with van der Waals surface area (Å²) in [5, 5.41) is 1.18. The third-order valence-electron chi connectivity index (χ3n) is 3.02. The molecule has 2 unspecified atom stereocenters. The van der Waals surface area contributed by atoms with Crippen molar-refractivity contribution in [3.8, 4) is 0 Å². The first-order valence-corrected chi connectivity index (χ1v) is 6.95. The zero-order valence-electron chi connectivity index (χ0n) is 11.0. The lowest BCUT2D eigenvalue weighted by Crippen LogP contribution is -2.27. The molecule has 6 heteroatoms. The van der Waals surface area contributed by atoms with Crippen LogP contribution in [0.25, 0.3) is 0 Å². The molecule has 4 nitrogen and oxygen atoms in total. The molecule has 0 radical (unpaired) electrons. The van der Waals surface area contributed by atoms with Gasteiger partial charge in [0.1, 0.15) is 6.10 Å². The van der Waals surface area contributed by atoms with Crippen LogP contribution < -0.4 is 11.5 Å². The van der Waals surface area contributed by atoms with Gasteiger partial charge in [-0.1, -0.05) is 47.5 Å². The van der Waals surface area contributed by atoms with E-state index in [2.05, 4.69) is 0 Å². The first kappa shape index (κ1) is 15.6. The maximum atomic E-state index is 11.1. The number of carbonyl (C=O) groups excluding carboxylic acids is 1. The highest BCUT2D eigenvalue weighted by atomic mass is 35.5. The summed E-state index contributed by atoms with van der Waals surface area (Å²) in [6.07, 6.45) is -1.60. The van der Waals surface area contributed by atoms with Crippen LogP contribution in [0.5, 0.6) is 0 Å². The molecule has 21 heavy (non-hydrogen) atoms. The summed E-state index contributed by atoms with van der Waals surface area (Å²) in [5.74, 6) is 0. The lowest BCUT2D eigenvalue weighted by atomic mass is 9.96. The molecular weight excluding hydrogens is 311 g/mol. The maximum absolute atomic E-state index is 11.1. The van der Waals surface area contributed by atoms with Gasteiger partial charge in [-0.15, -0.1) is 0 Å². The molecule has 0 aliphatic heterocycles. The lowest BCUT2D eigenvalue weighted by molar-refractivity contribution is 0.0901. The topological polar surface area (TPSA) is 78.3 Å². The van der Waals surface area contributed by atoms with E-state index in [1.54, 1.807) is 48.5 Å². The summed E-state index contributed by atoms with van der Waals surface area (Å²) in [5.41, 5.74) is 12.8. The minimum atomic E-state index is -0.889. The highest BCUT2D eigenvalue weighted by Crippen LogP contribution is 2.31. The number of halogens is 2. The molecule has 0 aliphatic rings. The van der Waals surface area contributed by atoms with Crippen molar-refractivity contribution in [2.75, 3.05) is 0 Å². The van der Waals surface area contributed by atoms with Crippen molar-refractivity contribution < 1.29 is 9.53 Å². The predicted molar refractivity (Wildman–Crippen MR) is 83.2 cm³/mol. The summed E-state index contributed by atoms with van der Waals surface area (Å²) >= 11 is 11.7. The minimum absolute atomic E-state index is 0.573. The van der Waals surface area contributed by atoms with Crippen molar-refractivity contribution in [3.63, 3.8) is 0 Å². The highest BCUT2D eigenvalue weighted by Gasteiger charge is 2.24. The van der Waals surface area contributed by atoms with Crippen LogP contribution in [0, 0.1) is 0 Å². The molecule has 0 bridgehead atoms. The summed E-state index contributed by atoms with van der Waals surface area (Å²) in [6, 6.07) is 13.3. The smallest absolute Gasteiger partial charge is 0.405 e. The number of amides is 1. The molecule has 0 saturated carbocycles. The first-order chi connectivity index (χ1) is 9.97. The molecule has 2 rings (SSSR count). The average Bonchev–Trinajstić information content (AvgIpc) is 2.46. The van der Waals surface area contributed by atoms with Gasteiger partial charge in [0.15, 0.2) is 0 Å².